The van der Waals surface area contributed by atoms with Gasteiger partial charge in [0.2, 0.25) is 5.76 Å². The molecule has 0 spiro atoms. The van der Waals surface area contributed by atoms with Gasteiger partial charge in [0.1, 0.15) is 5.75 Å². The number of ether oxygens (including phenoxy) is 1. The fourth-order valence-corrected chi connectivity index (χ4v) is 2.98. The Morgan fingerprint density at radius 1 is 1.04 bits per heavy atom. The maximum atomic E-state index is 11.9. The van der Waals surface area contributed by atoms with E-state index in [1.54, 1.807) is 41.8 Å². The molecule has 0 saturated heterocycles. The van der Waals surface area contributed by atoms with Crippen LogP contribution < -0.4 is 4.74 Å². The van der Waals surface area contributed by atoms with Gasteiger partial charge in [-0.2, -0.15) is 0 Å². The van der Waals surface area contributed by atoms with E-state index in [2.05, 4.69) is 9.97 Å². The van der Waals surface area contributed by atoms with Crippen molar-refractivity contribution in [3.63, 3.8) is 0 Å². The Hall–Kier alpha value is -3.25. The molecular formula is C19H12N2O3S. The molecule has 0 bridgehead atoms. The van der Waals surface area contributed by atoms with Gasteiger partial charge in [-0.05, 0) is 53.9 Å². The van der Waals surface area contributed by atoms with E-state index in [1.807, 2.05) is 35.7 Å². The molecule has 0 radical (unpaired) electrons. The summed E-state index contributed by atoms with van der Waals surface area (Å²) >= 11 is 1.63. The van der Waals surface area contributed by atoms with E-state index in [1.165, 1.54) is 6.26 Å². The predicted octanol–water partition coefficient (Wildman–Crippen LogP) is 4.68. The monoisotopic (exact) mass is 348 g/mol. The van der Waals surface area contributed by atoms with Gasteiger partial charge >= 0.3 is 5.97 Å². The van der Waals surface area contributed by atoms with Crippen LogP contribution in [0, 0.1) is 0 Å². The summed E-state index contributed by atoms with van der Waals surface area (Å²) in [6.07, 6.45) is 3.17. The van der Waals surface area contributed by atoms with Gasteiger partial charge in [-0.15, -0.1) is 11.3 Å². The highest BCUT2D eigenvalue weighted by Gasteiger charge is 2.12. The number of carbonyl (C=O) groups is 1. The van der Waals surface area contributed by atoms with E-state index in [-0.39, 0.29) is 5.76 Å². The molecule has 0 saturated carbocycles. The van der Waals surface area contributed by atoms with Gasteiger partial charge < -0.3 is 9.15 Å². The minimum atomic E-state index is -0.534. The van der Waals surface area contributed by atoms with Crippen molar-refractivity contribution in [2.24, 2.45) is 0 Å². The van der Waals surface area contributed by atoms with Crippen molar-refractivity contribution in [3.05, 3.63) is 78.2 Å². The van der Waals surface area contributed by atoms with Crippen LogP contribution in [0.4, 0.5) is 0 Å². The Balaban J connectivity index is 1.54. The number of thiophene rings is 1. The summed E-state index contributed by atoms with van der Waals surface area (Å²) in [7, 11) is 0. The molecular weight excluding hydrogens is 336 g/mol. The van der Waals surface area contributed by atoms with Crippen molar-refractivity contribution in [2.75, 3.05) is 0 Å². The van der Waals surface area contributed by atoms with Gasteiger partial charge in [-0.3, -0.25) is 0 Å². The van der Waals surface area contributed by atoms with Crippen molar-refractivity contribution in [3.8, 4) is 27.7 Å². The van der Waals surface area contributed by atoms with Crippen LogP contribution in [0.25, 0.3) is 22.0 Å². The number of furan rings is 1. The summed E-state index contributed by atoms with van der Waals surface area (Å²) in [5, 5.41) is 2.01. The Bertz CT molecular complexity index is 978. The minimum Gasteiger partial charge on any atom is -0.457 e. The average Bonchev–Trinajstić information content (AvgIpc) is 3.36. The molecule has 0 amide bonds. The van der Waals surface area contributed by atoms with E-state index in [4.69, 9.17) is 9.15 Å². The summed E-state index contributed by atoms with van der Waals surface area (Å²) in [4.78, 5) is 21.9. The zero-order chi connectivity index (χ0) is 17.1. The average molecular weight is 348 g/mol. The van der Waals surface area contributed by atoms with Gasteiger partial charge in [-0.1, -0.05) is 6.07 Å². The Morgan fingerprint density at radius 3 is 2.64 bits per heavy atom. The minimum absolute atomic E-state index is 0.163. The lowest BCUT2D eigenvalue weighted by atomic mass is 10.2. The van der Waals surface area contributed by atoms with E-state index >= 15 is 0 Å². The second kappa shape index (κ2) is 6.70. The summed E-state index contributed by atoms with van der Waals surface area (Å²) < 4.78 is 10.3. The number of nitrogens with zero attached hydrogens (tertiary/aromatic N) is 2. The van der Waals surface area contributed by atoms with Gasteiger partial charge in [0.05, 0.1) is 16.8 Å². The fraction of sp³-hybridized carbons (Fsp3) is 0. The molecule has 122 valence electrons. The maximum absolute atomic E-state index is 11.9. The highest BCUT2D eigenvalue weighted by Crippen LogP contribution is 2.25. The molecule has 25 heavy (non-hydrogen) atoms. The molecule has 0 fully saturated rings. The molecule has 3 heterocycles. The third-order valence-corrected chi connectivity index (χ3v) is 4.37. The molecule has 5 nitrogen and oxygen atoms in total. The lowest BCUT2D eigenvalue weighted by Gasteiger charge is -2.05. The molecule has 0 unspecified atom stereocenters. The number of aromatic nitrogens is 2. The highest BCUT2D eigenvalue weighted by molar-refractivity contribution is 7.13. The number of hydrogen-bond donors (Lipinski definition) is 0. The first-order valence-corrected chi connectivity index (χ1v) is 8.40. The Labute approximate surface area is 147 Å². The SMILES string of the molecule is O=C(Oc1ccc(-c2nccc(-c3cccs3)n2)cc1)c1ccco1. The van der Waals surface area contributed by atoms with Crippen LogP contribution >= 0.6 is 11.3 Å². The predicted molar refractivity (Wildman–Crippen MR) is 94.4 cm³/mol. The fourth-order valence-electron chi connectivity index (χ4n) is 2.28. The molecule has 0 aliphatic heterocycles. The second-order valence-electron chi connectivity index (χ2n) is 5.13. The summed E-state index contributed by atoms with van der Waals surface area (Å²) in [5.74, 6) is 0.680. The summed E-state index contributed by atoms with van der Waals surface area (Å²) in [6.45, 7) is 0. The summed E-state index contributed by atoms with van der Waals surface area (Å²) in [6, 6.07) is 16.1. The zero-order valence-corrected chi connectivity index (χ0v) is 13.8. The topological polar surface area (TPSA) is 65.2 Å². The van der Waals surface area contributed by atoms with Gasteiger partial charge in [-0.25, -0.2) is 14.8 Å². The standard InChI is InChI=1S/C19H12N2O3S/c22-19(16-3-1-11-23-16)24-14-7-5-13(6-8-14)18-20-10-9-15(21-18)17-4-2-12-25-17/h1-12H. The van der Waals surface area contributed by atoms with Crippen LogP contribution in [0.1, 0.15) is 10.6 Å². The lowest BCUT2D eigenvalue weighted by Crippen LogP contribution is -2.06. The first-order valence-electron chi connectivity index (χ1n) is 7.53. The first kappa shape index (κ1) is 15.3. The van der Waals surface area contributed by atoms with Crippen molar-refractivity contribution in [1.29, 1.82) is 0 Å². The normalized spacial score (nSPS) is 10.6. The van der Waals surface area contributed by atoms with Crippen LogP contribution in [-0.4, -0.2) is 15.9 Å². The van der Waals surface area contributed by atoms with Crippen LogP contribution in [-0.2, 0) is 0 Å². The zero-order valence-electron chi connectivity index (χ0n) is 13.0. The van der Waals surface area contributed by atoms with Crippen molar-refractivity contribution < 1.29 is 13.9 Å². The van der Waals surface area contributed by atoms with E-state index in [0.29, 0.717) is 11.6 Å². The third kappa shape index (κ3) is 3.34. The van der Waals surface area contributed by atoms with Gasteiger partial charge in [0, 0.05) is 11.8 Å². The van der Waals surface area contributed by atoms with Gasteiger partial charge in [0.15, 0.2) is 5.82 Å². The maximum Gasteiger partial charge on any atom is 0.379 e. The molecule has 1 aromatic carbocycles. The van der Waals surface area contributed by atoms with Gasteiger partial charge in [0.25, 0.3) is 0 Å². The molecule has 0 aliphatic rings. The smallest absolute Gasteiger partial charge is 0.379 e. The van der Waals surface area contributed by atoms with Crippen molar-refractivity contribution in [1.82, 2.24) is 9.97 Å². The van der Waals surface area contributed by atoms with E-state index < -0.39 is 5.97 Å². The van der Waals surface area contributed by atoms with E-state index in [0.717, 1.165) is 16.1 Å². The van der Waals surface area contributed by atoms with Crippen LogP contribution in [0.15, 0.2) is 76.9 Å². The summed E-state index contributed by atoms with van der Waals surface area (Å²) in [5.41, 5.74) is 1.73. The lowest BCUT2D eigenvalue weighted by molar-refractivity contribution is 0.0701. The first-order chi connectivity index (χ1) is 12.3. The van der Waals surface area contributed by atoms with E-state index in [9.17, 15) is 4.79 Å². The molecule has 6 heteroatoms. The number of carbonyl (C=O) groups excluding carboxylic acids is 1. The number of benzene rings is 1. The second-order valence-corrected chi connectivity index (χ2v) is 6.08. The number of hydrogen-bond acceptors (Lipinski definition) is 6. The Kier molecular flexibility index (Phi) is 4.10. The molecule has 3 aromatic heterocycles. The number of esters is 1. The van der Waals surface area contributed by atoms with Crippen molar-refractivity contribution in [2.45, 2.75) is 0 Å². The number of rotatable bonds is 4. The largest absolute Gasteiger partial charge is 0.457 e. The molecule has 0 atom stereocenters. The molecule has 0 aliphatic carbocycles. The third-order valence-electron chi connectivity index (χ3n) is 3.47. The van der Waals surface area contributed by atoms with Crippen molar-refractivity contribution >= 4 is 17.3 Å². The quantitative estimate of drug-likeness (QED) is 0.395. The Morgan fingerprint density at radius 2 is 1.92 bits per heavy atom. The molecule has 0 N–H and O–H groups in total. The van der Waals surface area contributed by atoms with Crippen LogP contribution in [0.3, 0.4) is 0 Å². The van der Waals surface area contributed by atoms with Crippen LogP contribution in [0.5, 0.6) is 5.75 Å². The van der Waals surface area contributed by atoms with Crippen LogP contribution in [0.2, 0.25) is 0 Å². The molecule has 4 aromatic rings. The molecule has 4 rings (SSSR count). The highest BCUT2D eigenvalue weighted by atomic mass is 32.1.